The standard InChI is InChI=1S/C13H18N2O3S/c1-8-9(6-11(19-8)13(17)18)7-15-5-3-4-10(15)12(16)14-2/h6,10H,3-5,7H2,1-2H3,(H,14,16)(H,17,18). The Balaban J connectivity index is 2.12. The first-order valence-electron chi connectivity index (χ1n) is 6.31. The molecule has 5 nitrogen and oxygen atoms in total. The van der Waals surface area contributed by atoms with E-state index >= 15 is 0 Å². The van der Waals surface area contributed by atoms with Crippen LogP contribution in [0.3, 0.4) is 0 Å². The smallest absolute Gasteiger partial charge is 0.345 e. The van der Waals surface area contributed by atoms with Crippen molar-refractivity contribution < 1.29 is 14.7 Å². The minimum absolute atomic E-state index is 0.0452. The summed E-state index contributed by atoms with van der Waals surface area (Å²) >= 11 is 1.29. The summed E-state index contributed by atoms with van der Waals surface area (Å²) in [6.45, 7) is 3.46. The second-order valence-electron chi connectivity index (χ2n) is 4.74. The van der Waals surface area contributed by atoms with Crippen LogP contribution in [0.5, 0.6) is 0 Å². The number of hydrogen-bond acceptors (Lipinski definition) is 4. The van der Waals surface area contributed by atoms with Crippen molar-refractivity contribution in [2.24, 2.45) is 0 Å². The molecule has 1 atom stereocenters. The molecule has 0 aromatic carbocycles. The topological polar surface area (TPSA) is 69.6 Å². The van der Waals surface area contributed by atoms with Crippen LogP contribution in [0, 0.1) is 6.92 Å². The van der Waals surface area contributed by atoms with Gasteiger partial charge in [-0.3, -0.25) is 9.69 Å². The van der Waals surface area contributed by atoms with Gasteiger partial charge in [-0.15, -0.1) is 11.3 Å². The van der Waals surface area contributed by atoms with E-state index in [1.165, 1.54) is 11.3 Å². The van der Waals surface area contributed by atoms with Crippen molar-refractivity contribution in [2.75, 3.05) is 13.6 Å². The Morgan fingerprint density at radius 1 is 1.58 bits per heavy atom. The predicted octanol–water partition coefficient (Wildman–Crippen LogP) is 1.47. The number of aromatic carboxylic acids is 1. The quantitative estimate of drug-likeness (QED) is 0.877. The molecule has 0 bridgehead atoms. The molecule has 1 aromatic rings. The Kier molecular flexibility index (Phi) is 4.21. The van der Waals surface area contributed by atoms with Crippen molar-refractivity contribution in [3.05, 3.63) is 21.4 Å². The average molecular weight is 282 g/mol. The molecule has 1 aliphatic heterocycles. The van der Waals surface area contributed by atoms with Gasteiger partial charge in [0, 0.05) is 18.5 Å². The molecule has 0 spiro atoms. The van der Waals surface area contributed by atoms with E-state index in [4.69, 9.17) is 5.11 Å². The first kappa shape index (κ1) is 14.0. The summed E-state index contributed by atoms with van der Waals surface area (Å²) < 4.78 is 0. The van der Waals surface area contributed by atoms with Gasteiger partial charge in [-0.05, 0) is 37.9 Å². The molecule has 2 rings (SSSR count). The van der Waals surface area contributed by atoms with Crippen molar-refractivity contribution in [3.63, 3.8) is 0 Å². The largest absolute Gasteiger partial charge is 0.477 e. The molecule has 1 saturated heterocycles. The van der Waals surface area contributed by atoms with Crippen LogP contribution in [-0.4, -0.2) is 41.5 Å². The third kappa shape index (κ3) is 2.96. The van der Waals surface area contributed by atoms with E-state index in [0.29, 0.717) is 11.4 Å². The van der Waals surface area contributed by atoms with Crippen molar-refractivity contribution in [2.45, 2.75) is 32.4 Å². The van der Waals surface area contributed by atoms with Gasteiger partial charge in [0.1, 0.15) is 4.88 Å². The van der Waals surface area contributed by atoms with Gasteiger partial charge >= 0.3 is 5.97 Å². The molecule has 1 amide bonds. The van der Waals surface area contributed by atoms with Crippen molar-refractivity contribution in [1.82, 2.24) is 10.2 Å². The van der Waals surface area contributed by atoms with E-state index in [1.54, 1.807) is 13.1 Å². The number of nitrogens with zero attached hydrogens (tertiary/aromatic N) is 1. The van der Waals surface area contributed by atoms with Crippen LogP contribution in [0.4, 0.5) is 0 Å². The zero-order valence-electron chi connectivity index (χ0n) is 11.1. The highest BCUT2D eigenvalue weighted by molar-refractivity contribution is 7.14. The Morgan fingerprint density at radius 2 is 2.32 bits per heavy atom. The van der Waals surface area contributed by atoms with Gasteiger partial charge in [-0.2, -0.15) is 0 Å². The fraction of sp³-hybridized carbons (Fsp3) is 0.538. The lowest BCUT2D eigenvalue weighted by molar-refractivity contribution is -0.125. The van der Waals surface area contributed by atoms with Crippen molar-refractivity contribution >= 4 is 23.2 Å². The summed E-state index contributed by atoms with van der Waals surface area (Å²) in [7, 11) is 1.65. The fourth-order valence-electron chi connectivity index (χ4n) is 2.48. The molecular weight excluding hydrogens is 264 g/mol. The Bertz CT molecular complexity index is 498. The lowest BCUT2D eigenvalue weighted by Gasteiger charge is -2.22. The molecule has 2 N–H and O–H groups in total. The zero-order valence-corrected chi connectivity index (χ0v) is 11.9. The van der Waals surface area contributed by atoms with Gasteiger partial charge in [-0.25, -0.2) is 4.79 Å². The fourth-order valence-corrected chi connectivity index (χ4v) is 3.35. The number of likely N-dealkylation sites (tertiary alicyclic amines) is 1. The number of nitrogens with one attached hydrogen (secondary N) is 1. The van der Waals surface area contributed by atoms with Crippen molar-refractivity contribution in [3.8, 4) is 0 Å². The Morgan fingerprint density at radius 3 is 2.89 bits per heavy atom. The van der Waals surface area contributed by atoms with Gasteiger partial charge in [0.05, 0.1) is 6.04 Å². The second kappa shape index (κ2) is 5.71. The summed E-state index contributed by atoms with van der Waals surface area (Å²) in [5.41, 5.74) is 1.01. The number of rotatable bonds is 4. The lowest BCUT2D eigenvalue weighted by Crippen LogP contribution is -2.41. The molecule has 1 aromatic heterocycles. The molecule has 1 aliphatic rings. The van der Waals surface area contributed by atoms with E-state index in [1.807, 2.05) is 6.92 Å². The minimum Gasteiger partial charge on any atom is -0.477 e. The number of likely N-dealkylation sites (N-methyl/N-ethyl adjacent to an activating group) is 1. The SMILES string of the molecule is CNC(=O)C1CCCN1Cc1cc(C(=O)O)sc1C. The van der Waals surface area contributed by atoms with Crippen LogP contribution in [0.25, 0.3) is 0 Å². The molecule has 2 heterocycles. The lowest BCUT2D eigenvalue weighted by atomic mass is 10.2. The number of carbonyl (C=O) groups is 2. The number of amides is 1. The maximum absolute atomic E-state index is 11.8. The normalized spacial score (nSPS) is 19.6. The van der Waals surface area contributed by atoms with Crippen LogP contribution in [0.15, 0.2) is 6.07 Å². The maximum atomic E-state index is 11.8. The summed E-state index contributed by atoms with van der Waals surface area (Å²) in [6.07, 6.45) is 1.88. The molecular formula is C13H18N2O3S. The third-order valence-electron chi connectivity index (χ3n) is 3.52. The second-order valence-corrected chi connectivity index (χ2v) is 6.00. The van der Waals surface area contributed by atoms with Crippen LogP contribution >= 0.6 is 11.3 Å². The number of thiophene rings is 1. The summed E-state index contributed by atoms with van der Waals surface area (Å²) in [5.74, 6) is -0.840. The Hall–Kier alpha value is -1.40. The highest BCUT2D eigenvalue weighted by atomic mass is 32.1. The predicted molar refractivity (Wildman–Crippen MR) is 73.5 cm³/mol. The van der Waals surface area contributed by atoms with Crippen LogP contribution < -0.4 is 5.32 Å². The number of carboxylic acid groups (broad SMARTS) is 1. The van der Waals surface area contributed by atoms with Crippen LogP contribution in [0.2, 0.25) is 0 Å². The first-order chi connectivity index (χ1) is 9.02. The third-order valence-corrected chi connectivity index (χ3v) is 4.60. The number of carbonyl (C=O) groups excluding carboxylic acids is 1. The summed E-state index contributed by atoms with van der Waals surface area (Å²) in [4.78, 5) is 26.2. The first-order valence-corrected chi connectivity index (χ1v) is 7.13. The zero-order chi connectivity index (χ0) is 14.0. The highest BCUT2D eigenvalue weighted by Gasteiger charge is 2.30. The molecule has 1 unspecified atom stereocenters. The van der Waals surface area contributed by atoms with E-state index in [-0.39, 0.29) is 11.9 Å². The number of hydrogen-bond donors (Lipinski definition) is 2. The van der Waals surface area contributed by atoms with Gasteiger partial charge in [-0.1, -0.05) is 0 Å². The van der Waals surface area contributed by atoms with Gasteiger partial charge < -0.3 is 10.4 Å². The Labute approximate surface area is 116 Å². The van der Waals surface area contributed by atoms with E-state index in [0.717, 1.165) is 29.8 Å². The molecule has 0 radical (unpaired) electrons. The van der Waals surface area contributed by atoms with E-state index < -0.39 is 5.97 Å². The molecule has 6 heteroatoms. The van der Waals surface area contributed by atoms with Gasteiger partial charge in [0.2, 0.25) is 5.91 Å². The maximum Gasteiger partial charge on any atom is 0.345 e. The molecule has 104 valence electrons. The average Bonchev–Trinajstić information content (AvgIpc) is 2.97. The molecule has 0 aliphatic carbocycles. The summed E-state index contributed by atoms with van der Waals surface area (Å²) in [6, 6.07) is 1.64. The summed E-state index contributed by atoms with van der Waals surface area (Å²) in [5, 5.41) is 11.7. The van der Waals surface area contributed by atoms with Gasteiger partial charge in [0.15, 0.2) is 0 Å². The van der Waals surface area contributed by atoms with E-state index in [9.17, 15) is 9.59 Å². The minimum atomic E-state index is -0.886. The number of carboxylic acids is 1. The van der Waals surface area contributed by atoms with E-state index in [2.05, 4.69) is 10.2 Å². The van der Waals surface area contributed by atoms with Crippen LogP contribution in [0.1, 0.15) is 33.0 Å². The number of aryl methyl sites for hydroxylation is 1. The van der Waals surface area contributed by atoms with Gasteiger partial charge in [0.25, 0.3) is 0 Å². The van der Waals surface area contributed by atoms with Crippen molar-refractivity contribution in [1.29, 1.82) is 0 Å². The molecule has 19 heavy (non-hydrogen) atoms. The highest BCUT2D eigenvalue weighted by Crippen LogP contribution is 2.26. The molecule has 0 saturated carbocycles. The molecule has 1 fully saturated rings. The monoisotopic (exact) mass is 282 g/mol. The van der Waals surface area contributed by atoms with Crippen LogP contribution in [-0.2, 0) is 11.3 Å².